The number of hydrogen-bond acceptors (Lipinski definition) is 5. The van der Waals surface area contributed by atoms with Crippen LogP contribution in [0.3, 0.4) is 0 Å². The molecule has 0 bridgehead atoms. The summed E-state index contributed by atoms with van der Waals surface area (Å²) >= 11 is 0. The van der Waals surface area contributed by atoms with Crippen LogP contribution in [-0.4, -0.2) is 37.9 Å². The van der Waals surface area contributed by atoms with Crippen LogP contribution in [0.1, 0.15) is 11.1 Å². The molecule has 0 radical (unpaired) electrons. The van der Waals surface area contributed by atoms with Gasteiger partial charge in [-0.3, -0.25) is 4.99 Å². The maximum Gasteiger partial charge on any atom is 0.342 e. The Bertz CT molecular complexity index is 638. The summed E-state index contributed by atoms with van der Waals surface area (Å²) in [5.74, 6) is -1.53. The predicted molar refractivity (Wildman–Crippen MR) is 86.3 cm³/mol. The predicted octanol–water partition coefficient (Wildman–Crippen LogP) is 2.24. The van der Waals surface area contributed by atoms with Crippen molar-refractivity contribution in [2.24, 2.45) is 4.99 Å². The number of aliphatic imine (C=N–C) groups is 1. The summed E-state index contributed by atoms with van der Waals surface area (Å²) in [5, 5.41) is 0. The van der Waals surface area contributed by atoms with Gasteiger partial charge in [0.15, 0.2) is 0 Å². The smallest absolute Gasteiger partial charge is 0.342 e. The Morgan fingerprint density at radius 2 is 1.17 bits per heavy atom. The third-order valence-corrected chi connectivity index (χ3v) is 3.20. The largest absolute Gasteiger partial charge is 0.467 e. The van der Waals surface area contributed by atoms with E-state index in [1.807, 2.05) is 60.7 Å². The molecule has 0 fully saturated rings. The van der Waals surface area contributed by atoms with Gasteiger partial charge in [0, 0.05) is 11.1 Å². The molecule has 0 saturated carbocycles. The molecule has 0 atom stereocenters. The van der Waals surface area contributed by atoms with Gasteiger partial charge in [-0.2, -0.15) is 0 Å². The Labute approximate surface area is 134 Å². The molecule has 0 aliphatic heterocycles. The van der Waals surface area contributed by atoms with Crippen molar-refractivity contribution in [3.63, 3.8) is 0 Å². The highest BCUT2D eigenvalue weighted by molar-refractivity contribution is 6.15. The molecule has 5 heteroatoms. The molecule has 0 aliphatic carbocycles. The molecule has 2 aromatic carbocycles. The minimum Gasteiger partial charge on any atom is -0.467 e. The molecule has 0 aliphatic rings. The van der Waals surface area contributed by atoms with E-state index in [0.29, 0.717) is 5.71 Å². The number of ether oxygens (including phenoxy) is 2. The lowest BCUT2D eigenvalue weighted by Crippen LogP contribution is -2.32. The average Bonchev–Trinajstić information content (AvgIpc) is 2.63. The van der Waals surface area contributed by atoms with E-state index >= 15 is 0 Å². The monoisotopic (exact) mass is 311 g/mol. The third kappa shape index (κ3) is 4.03. The van der Waals surface area contributed by atoms with Crippen molar-refractivity contribution in [1.29, 1.82) is 0 Å². The second-order valence-electron chi connectivity index (χ2n) is 4.66. The molecule has 0 N–H and O–H groups in total. The molecule has 0 aromatic heterocycles. The zero-order valence-corrected chi connectivity index (χ0v) is 12.9. The first-order chi connectivity index (χ1) is 11.2. The van der Waals surface area contributed by atoms with Gasteiger partial charge in [-0.15, -0.1) is 0 Å². The Morgan fingerprint density at radius 3 is 1.52 bits per heavy atom. The number of carbonyl (C=O) groups excluding carboxylic acids is 2. The van der Waals surface area contributed by atoms with Crippen LogP contribution in [0.2, 0.25) is 0 Å². The summed E-state index contributed by atoms with van der Waals surface area (Å²) < 4.78 is 9.32. The highest BCUT2D eigenvalue weighted by atomic mass is 16.5. The summed E-state index contributed by atoms with van der Waals surface area (Å²) in [6.45, 7) is 0. The summed E-state index contributed by atoms with van der Waals surface area (Å²) in [6, 6.07) is 17.3. The van der Waals surface area contributed by atoms with Crippen molar-refractivity contribution < 1.29 is 19.1 Å². The highest BCUT2D eigenvalue weighted by Gasteiger charge is 2.29. The molecule has 0 heterocycles. The zero-order chi connectivity index (χ0) is 16.7. The van der Waals surface area contributed by atoms with Gasteiger partial charge in [-0.25, -0.2) is 9.59 Å². The number of hydrogen-bond donors (Lipinski definition) is 0. The quantitative estimate of drug-likeness (QED) is 0.482. The molecule has 2 rings (SSSR count). The molecule has 0 spiro atoms. The maximum atomic E-state index is 11.9. The molecule has 5 nitrogen and oxygen atoms in total. The van der Waals surface area contributed by atoms with Crippen molar-refractivity contribution >= 4 is 17.7 Å². The van der Waals surface area contributed by atoms with Gasteiger partial charge < -0.3 is 9.47 Å². The van der Waals surface area contributed by atoms with E-state index < -0.39 is 18.0 Å². The van der Waals surface area contributed by atoms with E-state index in [1.165, 1.54) is 14.2 Å². The molecular formula is C18H17NO4. The van der Waals surface area contributed by atoms with Gasteiger partial charge in [0.25, 0.3) is 0 Å². The first kappa shape index (κ1) is 16.4. The van der Waals surface area contributed by atoms with E-state index in [1.54, 1.807) is 0 Å². The first-order valence-corrected chi connectivity index (χ1v) is 7.01. The van der Waals surface area contributed by atoms with Gasteiger partial charge >= 0.3 is 11.9 Å². The number of methoxy groups -OCH3 is 2. The second-order valence-corrected chi connectivity index (χ2v) is 4.66. The fourth-order valence-corrected chi connectivity index (χ4v) is 2.06. The maximum absolute atomic E-state index is 11.9. The highest BCUT2D eigenvalue weighted by Crippen LogP contribution is 2.13. The molecular weight excluding hydrogens is 294 g/mol. The van der Waals surface area contributed by atoms with Crippen LogP contribution in [0.4, 0.5) is 0 Å². The van der Waals surface area contributed by atoms with Crippen molar-refractivity contribution in [2.45, 2.75) is 6.04 Å². The Hall–Kier alpha value is -2.95. The van der Waals surface area contributed by atoms with Crippen LogP contribution in [0.25, 0.3) is 0 Å². The number of nitrogens with zero attached hydrogens (tertiary/aromatic N) is 1. The lowest BCUT2D eigenvalue weighted by atomic mass is 10.0. The fraction of sp³-hybridized carbons (Fsp3) is 0.167. The minimum atomic E-state index is -1.36. The van der Waals surface area contributed by atoms with E-state index in [2.05, 4.69) is 14.5 Å². The zero-order valence-electron chi connectivity index (χ0n) is 12.9. The number of carbonyl (C=O) groups is 2. The normalized spacial score (nSPS) is 10.0. The average molecular weight is 311 g/mol. The van der Waals surface area contributed by atoms with Crippen LogP contribution in [0, 0.1) is 0 Å². The fourth-order valence-electron chi connectivity index (χ4n) is 2.06. The van der Waals surface area contributed by atoms with Crippen LogP contribution in [0.5, 0.6) is 0 Å². The lowest BCUT2D eigenvalue weighted by Gasteiger charge is -2.12. The van der Waals surface area contributed by atoms with Crippen molar-refractivity contribution in [3.05, 3.63) is 71.8 Å². The van der Waals surface area contributed by atoms with Gasteiger partial charge in [0.1, 0.15) is 0 Å². The van der Waals surface area contributed by atoms with E-state index in [0.717, 1.165) is 11.1 Å². The van der Waals surface area contributed by atoms with Gasteiger partial charge in [0.05, 0.1) is 19.9 Å². The molecule has 118 valence electrons. The topological polar surface area (TPSA) is 65.0 Å². The minimum absolute atomic E-state index is 0.520. The second kappa shape index (κ2) is 7.89. The lowest BCUT2D eigenvalue weighted by molar-refractivity contribution is -0.153. The molecule has 0 amide bonds. The van der Waals surface area contributed by atoms with E-state index in [-0.39, 0.29) is 0 Å². The Balaban J connectivity index is 2.56. The van der Waals surface area contributed by atoms with Crippen molar-refractivity contribution in [2.75, 3.05) is 14.2 Å². The Kier molecular flexibility index (Phi) is 5.63. The standard InChI is InChI=1S/C18H17NO4/c1-22-17(20)16(18(21)23-2)19-15(13-9-5-3-6-10-13)14-11-7-4-8-12-14/h3-12,16H,1-2H3. The van der Waals surface area contributed by atoms with Crippen LogP contribution < -0.4 is 0 Å². The summed E-state index contributed by atoms with van der Waals surface area (Å²) in [5.41, 5.74) is 2.10. The SMILES string of the molecule is COC(=O)C(N=C(c1ccccc1)c1ccccc1)C(=O)OC. The number of rotatable bonds is 5. The summed E-state index contributed by atoms with van der Waals surface area (Å²) in [7, 11) is 2.41. The van der Waals surface area contributed by atoms with E-state index in [4.69, 9.17) is 0 Å². The van der Waals surface area contributed by atoms with Crippen LogP contribution in [0.15, 0.2) is 65.7 Å². The Morgan fingerprint density at radius 1 is 0.783 bits per heavy atom. The first-order valence-electron chi connectivity index (χ1n) is 7.01. The summed E-state index contributed by atoms with van der Waals surface area (Å²) in [4.78, 5) is 28.1. The molecule has 2 aromatic rings. The molecule has 0 unspecified atom stereocenters. The number of benzene rings is 2. The molecule has 0 saturated heterocycles. The number of esters is 2. The van der Waals surface area contributed by atoms with Crippen LogP contribution in [-0.2, 0) is 19.1 Å². The van der Waals surface area contributed by atoms with Gasteiger partial charge in [0.2, 0.25) is 6.04 Å². The summed E-state index contributed by atoms with van der Waals surface area (Å²) in [6.07, 6.45) is 0. The van der Waals surface area contributed by atoms with Crippen LogP contribution >= 0.6 is 0 Å². The van der Waals surface area contributed by atoms with Crippen molar-refractivity contribution in [3.8, 4) is 0 Å². The third-order valence-electron chi connectivity index (χ3n) is 3.20. The van der Waals surface area contributed by atoms with E-state index in [9.17, 15) is 9.59 Å². The van der Waals surface area contributed by atoms with Gasteiger partial charge in [-0.05, 0) is 0 Å². The molecule has 23 heavy (non-hydrogen) atoms. The van der Waals surface area contributed by atoms with Gasteiger partial charge in [-0.1, -0.05) is 60.7 Å². The van der Waals surface area contributed by atoms with Crippen molar-refractivity contribution in [1.82, 2.24) is 0 Å².